The predicted octanol–water partition coefficient (Wildman–Crippen LogP) is 0.993. The third-order valence-electron chi connectivity index (χ3n) is 2.51. The van der Waals surface area contributed by atoms with Crippen molar-refractivity contribution in [2.45, 2.75) is 32.3 Å². The molecule has 13 heavy (non-hydrogen) atoms. The molecule has 1 saturated heterocycles. The summed E-state index contributed by atoms with van der Waals surface area (Å²) in [6, 6.07) is 2.22. The molecular formula is C10H18N2O. The van der Waals surface area contributed by atoms with Gasteiger partial charge in [0.15, 0.2) is 0 Å². The van der Waals surface area contributed by atoms with Crippen molar-refractivity contribution in [1.29, 1.82) is 5.26 Å². The Kier molecular flexibility index (Phi) is 3.29. The molecule has 1 fully saturated rings. The number of piperidine rings is 1. The molecule has 74 valence electrons. The molecule has 1 aliphatic rings. The van der Waals surface area contributed by atoms with Gasteiger partial charge in [0.2, 0.25) is 0 Å². The minimum absolute atomic E-state index is 0.0638. The maximum atomic E-state index is 9.81. The van der Waals surface area contributed by atoms with Gasteiger partial charge in [-0.3, -0.25) is 4.90 Å². The first-order valence-electron chi connectivity index (χ1n) is 4.88. The van der Waals surface area contributed by atoms with E-state index in [0.29, 0.717) is 6.54 Å². The van der Waals surface area contributed by atoms with Crippen molar-refractivity contribution in [3.8, 4) is 6.07 Å². The summed E-state index contributed by atoms with van der Waals surface area (Å²) in [5.74, 6) is 0.0638. The normalized spacial score (nSPS) is 32.5. The molecule has 3 nitrogen and oxygen atoms in total. The number of rotatable bonds is 2. The van der Waals surface area contributed by atoms with E-state index in [-0.39, 0.29) is 5.92 Å². The van der Waals surface area contributed by atoms with Gasteiger partial charge in [-0.15, -0.1) is 0 Å². The first kappa shape index (κ1) is 10.5. The minimum Gasteiger partial charge on any atom is -0.389 e. The highest BCUT2D eigenvalue weighted by atomic mass is 16.3. The maximum absolute atomic E-state index is 9.81. The van der Waals surface area contributed by atoms with Crippen molar-refractivity contribution < 1.29 is 5.11 Å². The highest BCUT2D eigenvalue weighted by molar-refractivity contribution is 4.87. The van der Waals surface area contributed by atoms with Crippen molar-refractivity contribution in [3.63, 3.8) is 0 Å². The Hall–Kier alpha value is -0.590. The summed E-state index contributed by atoms with van der Waals surface area (Å²) in [6.45, 7) is 6.30. The smallest absolute Gasteiger partial charge is 0.0746 e. The lowest BCUT2D eigenvalue weighted by Gasteiger charge is -2.37. The van der Waals surface area contributed by atoms with Crippen LogP contribution in [0.2, 0.25) is 0 Å². The van der Waals surface area contributed by atoms with Gasteiger partial charge in [-0.2, -0.15) is 5.26 Å². The number of hydrogen-bond acceptors (Lipinski definition) is 3. The van der Waals surface area contributed by atoms with E-state index in [1.165, 1.54) is 0 Å². The number of aliphatic hydroxyl groups is 1. The second-order valence-electron chi connectivity index (χ2n) is 4.37. The predicted molar refractivity (Wildman–Crippen MR) is 51.1 cm³/mol. The summed E-state index contributed by atoms with van der Waals surface area (Å²) in [7, 11) is 0. The van der Waals surface area contributed by atoms with E-state index in [1.807, 2.05) is 13.8 Å². The Bertz CT molecular complexity index is 207. The van der Waals surface area contributed by atoms with E-state index in [0.717, 1.165) is 25.9 Å². The Labute approximate surface area is 80.0 Å². The zero-order chi connectivity index (χ0) is 9.90. The molecule has 2 unspecified atom stereocenters. The number of β-amino-alcohol motifs (C(OH)–C–C–N with tert-alkyl or cyclic N) is 1. The van der Waals surface area contributed by atoms with Gasteiger partial charge in [-0.1, -0.05) is 0 Å². The summed E-state index contributed by atoms with van der Waals surface area (Å²) < 4.78 is 0. The van der Waals surface area contributed by atoms with Crippen molar-refractivity contribution in [2.75, 3.05) is 19.6 Å². The summed E-state index contributed by atoms with van der Waals surface area (Å²) in [5.41, 5.74) is -0.548. The number of nitriles is 1. The van der Waals surface area contributed by atoms with Crippen LogP contribution in [0, 0.1) is 17.2 Å². The molecule has 0 spiro atoms. The highest BCUT2D eigenvalue weighted by Crippen LogP contribution is 2.20. The third-order valence-corrected chi connectivity index (χ3v) is 2.51. The van der Waals surface area contributed by atoms with Gasteiger partial charge in [-0.25, -0.2) is 0 Å². The van der Waals surface area contributed by atoms with Crippen LogP contribution in [0.4, 0.5) is 0 Å². The van der Waals surface area contributed by atoms with E-state index in [1.54, 1.807) is 0 Å². The molecule has 0 aromatic rings. The molecule has 1 aliphatic heterocycles. The molecule has 1 heterocycles. The van der Waals surface area contributed by atoms with Gasteiger partial charge in [0.25, 0.3) is 0 Å². The highest BCUT2D eigenvalue weighted by Gasteiger charge is 2.28. The molecule has 0 radical (unpaired) electrons. The molecule has 1 N–H and O–H groups in total. The quantitative estimate of drug-likeness (QED) is 0.693. The fraction of sp³-hybridized carbons (Fsp3) is 0.900. The number of hydrogen-bond donors (Lipinski definition) is 1. The standard InChI is InChI=1S/C10H18N2O/c1-9(6-11)7-12-5-3-4-10(2,13)8-12/h9,13H,3-5,7-8H2,1-2H3. The summed E-state index contributed by atoms with van der Waals surface area (Å²) >= 11 is 0. The Morgan fingerprint density at radius 1 is 1.69 bits per heavy atom. The molecule has 0 amide bonds. The zero-order valence-corrected chi connectivity index (χ0v) is 8.45. The SMILES string of the molecule is CC(C#N)CN1CCCC(C)(O)C1. The van der Waals surface area contributed by atoms with Crippen LogP contribution in [0.3, 0.4) is 0 Å². The molecule has 1 rings (SSSR count). The third kappa shape index (κ3) is 3.33. The maximum Gasteiger partial charge on any atom is 0.0746 e. The molecular weight excluding hydrogens is 164 g/mol. The minimum atomic E-state index is -0.548. The lowest BCUT2D eigenvalue weighted by Crippen LogP contribution is -2.47. The topological polar surface area (TPSA) is 47.3 Å². The molecule has 0 aromatic carbocycles. The molecule has 0 bridgehead atoms. The average Bonchev–Trinajstić information content (AvgIpc) is 2.02. The largest absolute Gasteiger partial charge is 0.389 e. The van der Waals surface area contributed by atoms with E-state index < -0.39 is 5.60 Å². The Balaban J connectivity index is 2.40. The molecule has 2 atom stereocenters. The lowest BCUT2D eigenvalue weighted by atomic mass is 9.94. The van der Waals surface area contributed by atoms with Gasteiger partial charge in [0, 0.05) is 13.1 Å². The van der Waals surface area contributed by atoms with Crippen LogP contribution < -0.4 is 0 Å². The second kappa shape index (κ2) is 4.08. The zero-order valence-electron chi connectivity index (χ0n) is 8.45. The molecule has 0 saturated carbocycles. The van der Waals surface area contributed by atoms with Gasteiger partial charge < -0.3 is 5.11 Å². The lowest BCUT2D eigenvalue weighted by molar-refractivity contribution is -0.0174. The van der Waals surface area contributed by atoms with Crippen LogP contribution >= 0.6 is 0 Å². The van der Waals surface area contributed by atoms with Crippen LogP contribution in [-0.2, 0) is 0 Å². The second-order valence-corrected chi connectivity index (χ2v) is 4.37. The van der Waals surface area contributed by atoms with E-state index in [2.05, 4.69) is 11.0 Å². The molecule has 0 aliphatic carbocycles. The van der Waals surface area contributed by atoms with Crippen molar-refractivity contribution in [3.05, 3.63) is 0 Å². The summed E-state index contributed by atoms with van der Waals surface area (Å²) in [6.07, 6.45) is 1.91. The number of nitrogens with zero attached hydrogens (tertiary/aromatic N) is 2. The Morgan fingerprint density at radius 2 is 2.38 bits per heavy atom. The number of likely N-dealkylation sites (tertiary alicyclic amines) is 1. The van der Waals surface area contributed by atoms with Gasteiger partial charge in [0.1, 0.15) is 0 Å². The van der Waals surface area contributed by atoms with Gasteiger partial charge in [-0.05, 0) is 33.2 Å². The fourth-order valence-electron chi connectivity index (χ4n) is 1.91. The van der Waals surface area contributed by atoms with Gasteiger partial charge in [0.05, 0.1) is 17.6 Å². The molecule has 0 aromatic heterocycles. The van der Waals surface area contributed by atoms with Crippen molar-refractivity contribution in [1.82, 2.24) is 4.90 Å². The average molecular weight is 182 g/mol. The monoisotopic (exact) mass is 182 g/mol. The van der Waals surface area contributed by atoms with E-state index in [4.69, 9.17) is 5.26 Å². The van der Waals surface area contributed by atoms with Crippen LogP contribution in [0.1, 0.15) is 26.7 Å². The van der Waals surface area contributed by atoms with E-state index in [9.17, 15) is 5.11 Å². The first-order valence-corrected chi connectivity index (χ1v) is 4.88. The van der Waals surface area contributed by atoms with Gasteiger partial charge >= 0.3 is 0 Å². The van der Waals surface area contributed by atoms with Crippen molar-refractivity contribution in [2.24, 2.45) is 5.92 Å². The first-order chi connectivity index (χ1) is 6.03. The summed E-state index contributed by atoms with van der Waals surface area (Å²) in [4.78, 5) is 2.18. The van der Waals surface area contributed by atoms with Crippen LogP contribution in [0.25, 0.3) is 0 Å². The van der Waals surface area contributed by atoms with Crippen molar-refractivity contribution >= 4 is 0 Å². The fourth-order valence-corrected chi connectivity index (χ4v) is 1.91. The van der Waals surface area contributed by atoms with Crippen LogP contribution in [0.15, 0.2) is 0 Å². The van der Waals surface area contributed by atoms with E-state index >= 15 is 0 Å². The molecule has 3 heteroatoms. The summed E-state index contributed by atoms with van der Waals surface area (Å²) in [5, 5.41) is 18.5. The Morgan fingerprint density at radius 3 is 2.92 bits per heavy atom. The van der Waals surface area contributed by atoms with Crippen LogP contribution in [0.5, 0.6) is 0 Å². The van der Waals surface area contributed by atoms with Crippen LogP contribution in [-0.4, -0.2) is 35.2 Å².